The summed E-state index contributed by atoms with van der Waals surface area (Å²) < 4.78 is 5.59. The number of halogens is 1. The summed E-state index contributed by atoms with van der Waals surface area (Å²) in [5.74, 6) is 0.723. The average molecular weight is 442 g/mol. The molecule has 0 atom stereocenters. The van der Waals surface area contributed by atoms with Crippen LogP contribution in [0.5, 0.6) is 0 Å². The summed E-state index contributed by atoms with van der Waals surface area (Å²) in [7, 11) is 0.275. The Labute approximate surface area is 159 Å². The van der Waals surface area contributed by atoms with Crippen LogP contribution in [-0.2, 0) is 25.8 Å². The third-order valence-corrected chi connectivity index (χ3v) is 4.82. The molecule has 4 heteroatoms. The lowest BCUT2D eigenvalue weighted by atomic mass is 9.76. The number of rotatable bonds is 6. The number of esters is 1. The largest absolute Gasteiger partial charge is 1.00 e. The van der Waals surface area contributed by atoms with E-state index < -0.39 is 5.41 Å². The zero-order chi connectivity index (χ0) is 16.0. The Morgan fingerprint density at radius 1 is 0.957 bits per heavy atom. The first kappa shape index (κ1) is 20.0. The van der Waals surface area contributed by atoms with Crippen molar-refractivity contribution >= 4 is 16.9 Å². The monoisotopic (exact) mass is 442 g/mol. The highest BCUT2D eigenvalue weighted by atomic mass is 127. The van der Waals surface area contributed by atoms with E-state index in [1.54, 1.807) is 0 Å². The summed E-state index contributed by atoms with van der Waals surface area (Å²) in [6.45, 7) is 2.42. The number of hydrogen-bond acceptors (Lipinski definition) is 2. The minimum atomic E-state index is -0.775. The molecule has 0 heterocycles. The molecule has 0 fully saturated rings. The summed E-state index contributed by atoms with van der Waals surface area (Å²) in [5, 5.41) is 0. The number of carbonyl (C=O) groups is 1. The lowest BCUT2D eigenvalue weighted by molar-refractivity contribution is -0.147. The maximum Gasteiger partial charge on any atom is 0.320 e. The van der Waals surface area contributed by atoms with Gasteiger partial charge in [-0.1, -0.05) is 60.7 Å². The molecule has 2 aromatic rings. The van der Waals surface area contributed by atoms with E-state index in [-0.39, 0.29) is 40.8 Å². The fraction of sp³-hybridized carbons (Fsp3) is 0.316. The van der Waals surface area contributed by atoms with Gasteiger partial charge in [-0.3, -0.25) is 4.79 Å². The molecular weight excluding hydrogens is 419 g/mol. The van der Waals surface area contributed by atoms with Crippen molar-refractivity contribution in [2.45, 2.75) is 12.3 Å². The van der Waals surface area contributed by atoms with Crippen LogP contribution < -0.4 is 24.0 Å². The SMILES string of the molecule is C[S+](C)CCOC(=O)C(C)(c1ccccc1)c1ccccc1.[I-]. The molecule has 2 aromatic carbocycles. The van der Waals surface area contributed by atoms with Crippen molar-refractivity contribution in [2.24, 2.45) is 0 Å². The second-order valence-electron chi connectivity index (χ2n) is 5.68. The molecule has 2 nitrogen and oxygen atoms in total. The molecule has 0 amide bonds. The van der Waals surface area contributed by atoms with Crippen molar-refractivity contribution in [1.29, 1.82) is 0 Å². The molecule has 0 aliphatic heterocycles. The summed E-state index contributed by atoms with van der Waals surface area (Å²) in [5.41, 5.74) is 1.14. The smallest absolute Gasteiger partial charge is 0.320 e. The fourth-order valence-electron chi connectivity index (χ4n) is 2.39. The Bertz CT molecular complexity index is 560. The lowest BCUT2D eigenvalue weighted by Crippen LogP contribution is -3.00. The standard InChI is InChI=1S/C19H23O2S.HI/c1-19(16-10-6-4-7-11-16,17-12-8-5-9-13-17)18(20)21-14-15-22(2)3;/h4-13H,14-15H2,1-3H3;1H/q+1;/p-1. The zero-order valence-corrected chi connectivity index (χ0v) is 16.8. The minimum absolute atomic E-state index is 0. The summed E-state index contributed by atoms with van der Waals surface area (Å²) in [6, 6.07) is 19.7. The first-order valence-electron chi connectivity index (χ1n) is 7.37. The maximum atomic E-state index is 12.8. The number of carbonyl (C=O) groups excluding carboxylic acids is 1. The van der Waals surface area contributed by atoms with Crippen LogP contribution in [0.2, 0.25) is 0 Å². The first-order chi connectivity index (χ1) is 10.5. The van der Waals surface area contributed by atoms with Gasteiger partial charge in [0.25, 0.3) is 0 Å². The van der Waals surface area contributed by atoms with E-state index in [0.717, 1.165) is 16.9 Å². The highest BCUT2D eigenvalue weighted by molar-refractivity contribution is 7.95. The Hall–Kier alpha value is -1.01. The lowest BCUT2D eigenvalue weighted by Gasteiger charge is -2.28. The van der Waals surface area contributed by atoms with Crippen molar-refractivity contribution in [1.82, 2.24) is 0 Å². The third kappa shape index (κ3) is 4.98. The maximum absolute atomic E-state index is 12.8. The molecule has 0 aromatic heterocycles. The summed E-state index contributed by atoms with van der Waals surface area (Å²) >= 11 is 0. The number of benzene rings is 2. The third-order valence-electron chi connectivity index (χ3n) is 3.84. The Morgan fingerprint density at radius 3 is 1.78 bits per heavy atom. The van der Waals surface area contributed by atoms with Gasteiger partial charge in [0.1, 0.15) is 17.8 Å². The molecule has 0 bridgehead atoms. The Balaban J connectivity index is 0.00000264. The van der Waals surface area contributed by atoms with Gasteiger partial charge < -0.3 is 28.7 Å². The second-order valence-corrected chi connectivity index (χ2v) is 8.06. The molecule has 0 unspecified atom stereocenters. The van der Waals surface area contributed by atoms with E-state index in [9.17, 15) is 4.79 Å². The van der Waals surface area contributed by atoms with Crippen LogP contribution in [0.25, 0.3) is 0 Å². The van der Waals surface area contributed by atoms with Gasteiger partial charge in [0.15, 0.2) is 0 Å². The van der Waals surface area contributed by atoms with Crippen LogP contribution in [-0.4, -0.2) is 30.8 Å². The predicted octanol–water partition coefficient (Wildman–Crippen LogP) is 0.418. The van der Waals surface area contributed by atoms with Crippen LogP contribution in [0.1, 0.15) is 18.1 Å². The van der Waals surface area contributed by atoms with Gasteiger partial charge in [-0.05, 0) is 28.9 Å². The van der Waals surface area contributed by atoms with Crippen LogP contribution in [0.3, 0.4) is 0 Å². The highest BCUT2D eigenvalue weighted by Gasteiger charge is 2.38. The van der Waals surface area contributed by atoms with E-state index >= 15 is 0 Å². The molecule has 0 aliphatic rings. The van der Waals surface area contributed by atoms with Gasteiger partial charge in [0.05, 0.1) is 12.5 Å². The molecular formula is C19H23IO2S. The zero-order valence-electron chi connectivity index (χ0n) is 13.8. The summed E-state index contributed by atoms with van der Waals surface area (Å²) in [4.78, 5) is 12.8. The molecule has 0 radical (unpaired) electrons. The molecule has 0 saturated carbocycles. The Morgan fingerprint density at radius 2 is 1.39 bits per heavy atom. The van der Waals surface area contributed by atoms with E-state index in [0.29, 0.717) is 6.61 Å². The van der Waals surface area contributed by atoms with Gasteiger partial charge in [-0.2, -0.15) is 0 Å². The molecule has 2 rings (SSSR count). The van der Waals surface area contributed by atoms with E-state index in [1.807, 2.05) is 67.6 Å². The van der Waals surface area contributed by atoms with Gasteiger partial charge in [-0.25, -0.2) is 0 Å². The quantitative estimate of drug-likeness (QED) is 0.368. The number of hydrogen-bond donors (Lipinski definition) is 0. The van der Waals surface area contributed by atoms with E-state index in [1.165, 1.54) is 0 Å². The average Bonchev–Trinajstić information content (AvgIpc) is 2.55. The van der Waals surface area contributed by atoms with Crippen LogP contribution >= 0.6 is 0 Å². The normalized spacial score (nSPS) is 11.0. The molecule has 0 aliphatic carbocycles. The molecule has 0 N–H and O–H groups in total. The fourth-order valence-corrected chi connectivity index (χ4v) is 2.81. The van der Waals surface area contributed by atoms with Gasteiger partial charge in [0.2, 0.25) is 0 Å². The highest BCUT2D eigenvalue weighted by Crippen LogP contribution is 2.33. The van der Waals surface area contributed by atoms with Crippen LogP contribution in [0, 0.1) is 0 Å². The second kappa shape index (κ2) is 9.33. The van der Waals surface area contributed by atoms with Crippen molar-refractivity contribution in [3.05, 3.63) is 71.8 Å². The van der Waals surface area contributed by atoms with Gasteiger partial charge in [-0.15, -0.1) is 0 Å². The molecule has 124 valence electrons. The molecule has 0 spiro atoms. The van der Waals surface area contributed by atoms with Crippen LogP contribution in [0.15, 0.2) is 60.7 Å². The summed E-state index contributed by atoms with van der Waals surface area (Å²) in [6.07, 6.45) is 4.31. The topological polar surface area (TPSA) is 26.3 Å². The van der Waals surface area contributed by atoms with Crippen molar-refractivity contribution < 1.29 is 33.5 Å². The number of ether oxygens (including phenoxy) is 1. The van der Waals surface area contributed by atoms with Gasteiger partial charge >= 0.3 is 5.97 Å². The predicted molar refractivity (Wildman–Crippen MR) is 94.4 cm³/mol. The molecule has 0 saturated heterocycles. The Kier molecular flexibility index (Phi) is 8.12. The van der Waals surface area contributed by atoms with E-state index in [2.05, 4.69) is 12.5 Å². The van der Waals surface area contributed by atoms with Gasteiger partial charge in [0, 0.05) is 0 Å². The van der Waals surface area contributed by atoms with Crippen molar-refractivity contribution in [3.8, 4) is 0 Å². The van der Waals surface area contributed by atoms with Crippen LogP contribution in [0.4, 0.5) is 0 Å². The first-order valence-corrected chi connectivity index (χ1v) is 9.58. The molecule has 23 heavy (non-hydrogen) atoms. The van der Waals surface area contributed by atoms with E-state index in [4.69, 9.17) is 4.74 Å². The minimum Gasteiger partial charge on any atom is -1.00 e. The van der Waals surface area contributed by atoms with Crippen molar-refractivity contribution in [3.63, 3.8) is 0 Å². The van der Waals surface area contributed by atoms with Crippen molar-refractivity contribution in [2.75, 3.05) is 24.9 Å².